The number of carbonyl (C=O) groups excluding carboxylic acids is 1. The van der Waals surface area contributed by atoms with E-state index < -0.39 is 11.5 Å². The third-order valence-corrected chi connectivity index (χ3v) is 5.73. The van der Waals surface area contributed by atoms with Crippen LogP contribution >= 0.6 is 0 Å². The number of amides is 1. The minimum Gasteiger partial charge on any atom is -0.497 e. The molecular weight excluding hydrogens is 442 g/mol. The summed E-state index contributed by atoms with van der Waals surface area (Å²) in [7, 11) is 1.57. The van der Waals surface area contributed by atoms with Gasteiger partial charge in [-0.25, -0.2) is 4.98 Å². The van der Waals surface area contributed by atoms with Gasteiger partial charge in [-0.2, -0.15) is 9.77 Å². The number of aryl methyl sites for hydroxylation is 2. The molecule has 0 spiro atoms. The van der Waals surface area contributed by atoms with Crippen LogP contribution in [0.2, 0.25) is 0 Å². The maximum atomic E-state index is 13.5. The molecule has 2 aromatic heterocycles. The lowest BCUT2D eigenvalue weighted by molar-refractivity contribution is 0.101. The number of H-pyrrole nitrogens is 1. The number of hydrogen-bond acceptors (Lipinski definition) is 5. The van der Waals surface area contributed by atoms with Crippen molar-refractivity contribution >= 4 is 16.9 Å². The minimum atomic E-state index is -0.473. The van der Waals surface area contributed by atoms with Gasteiger partial charge in [0.15, 0.2) is 11.3 Å². The average molecular weight is 466 g/mol. The number of benzene rings is 3. The highest BCUT2D eigenvalue weighted by Crippen LogP contribution is 2.24. The molecule has 35 heavy (non-hydrogen) atoms. The van der Waals surface area contributed by atoms with E-state index in [-0.39, 0.29) is 11.3 Å². The predicted molar refractivity (Wildman–Crippen MR) is 134 cm³/mol. The fourth-order valence-corrected chi connectivity index (χ4v) is 3.90. The maximum Gasteiger partial charge on any atom is 0.301 e. The third-order valence-electron chi connectivity index (χ3n) is 5.73. The van der Waals surface area contributed by atoms with Crippen molar-refractivity contribution < 1.29 is 9.53 Å². The molecule has 2 heterocycles. The Hall–Kier alpha value is -4.72. The van der Waals surface area contributed by atoms with Gasteiger partial charge in [0.05, 0.1) is 12.8 Å². The van der Waals surface area contributed by atoms with E-state index in [0.717, 1.165) is 16.8 Å². The average Bonchev–Trinajstić information content (AvgIpc) is 3.33. The summed E-state index contributed by atoms with van der Waals surface area (Å²) in [5.41, 5.74) is 5.83. The van der Waals surface area contributed by atoms with Gasteiger partial charge < -0.3 is 4.74 Å². The second-order valence-corrected chi connectivity index (χ2v) is 8.00. The van der Waals surface area contributed by atoms with E-state index >= 15 is 0 Å². The number of hydrogen-bond donors (Lipinski definition) is 2. The molecule has 2 N–H and O–H groups in total. The summed E-state index contributed by atoms with van der Waals surface area (Å²) < 4.78 is 6.51. The number of nitrogens with zero attached hydrogens (tertiary/aromatic N) is 3. The molecule has 0 radical (unpaired) electrons. The van der Waals surface area contributed by atoms with Crippen molar-refractivity contribution in [2.45, 2.75) is 12.8 Å². The molecule has 174 valence electrons. The molecular formula is C27H23N5O3. The Balaban J connectivity index is 1.61. The van der Waals surface area contributed by atoms with Crippen LogP contribution in [0.4, 0.5) is 0 Å². The van der Waals surface area contributed by atoms with Gasteiger partial charge in [0.1, 0.15) is 11.3 Å². The van der Waals surface area contributed by atoms with Crippen LogP contribution in [0.15, 0.2) is 89.7 Å². The van der Waals surface area contributed by atoms with Crippen molar-refractivity contribution in [2.75, 3.05) is 12.5 Å². The lowest BCUT2D eigenvalue weighted by atomic mass is 10.1. The molecule has 1 amide bonds. The molecule has 0 atom stereocenters. The van der Waals surface area contributed by atoms with Crippen LogP contribution in [0, 0.1) is 0 Å². The van der Waals surface area contributed by atoms with Crippen LogP contribution in [0.5, 0.6) is 5.75 Å². The van der Waals surface area contributed by atoms with Crippen molar-refractivity contribution in [3.8, 4) is 17.1 Å². The summed E-state index contributed by atoms with van der Waals surface area (Å²) in [6, 6.07) is 25.9. The number of ether oxygens (including phenoxy) is 1. The van der Waals surface area contributed by atoms with E-state index in [1.165, 1.54) is 5.56 Å². The quantitative estimate of drug-likeness (QED) is 0.379. The van der Waals surface area contributed by atoms with Gasteiger partial charge in [-0.15, -0.1) is 0 Å². The number of aromatic amines is 1. The highest BCUT2D eigenvalue weighted by atomic mass is 16.5. The third kappa shape index (κ3) is 4.54. The predicted octanol–water partition coefficient (Wildman–Crippen LogP) is 3.96. The molecule has 0 saturated carbocycles. The number of fused-ring (bicyclic) bond motifs is 1. The van der Waals surface area contributed by atoms with E-state index in [9.17, 15) is 9.59 Å². The molecule has 3 aromatic carbocycles. The van der Waals surface area contributed by atoms with Gasteiger partial charge in [-0.05, 0) is 42.7 Å². The molecule has 0 aliphatic rings. The van der Waals surface area contributed by atoms with Crippen LogP contribution in [0.3, 0.4) is 0 Å². The molecule has 5 aromatic rings. The Morgan fingerprint density at radius 2 is 1.69 bits per heavy atom. The molecule has 0 aliphatic carbocycles. The van der Waals surface area contributed by atoms with Crippen LogP contribution in [0.25, 0.3) is 22.4 Å². The molecule has 0 aliphatic heterocycles. The molecule has 0 fully saturated rings. The van der Waals surface area contributed by atoms with E-state index in [1.54, 1.807) is 49.6 Å². The maximum absolute atomic E-state index is 13.5. The first-order chi connectivity index (χ1) is 17.1. The largest absolute Gasteiger partial charge is 0.497 e. The number of nitrogens with one attached hydrogen (secondary N) is 2. The standard InChI is InChI=1S/C27H23N5O3/c1-35-21-14-8-13-20(17-21)25-28-23-22(16-15-18-9-4-2-5-10-18)29-30-24(23)27(34)32(25)31-26(33)19-11-6-3-7-12-19/h2-14,17H,15-16H2,1H3,(H,29,30)(H,31,33). The van der Waals surface area contributed by atoms with Crippen LogP contribution in [-0.2, 0) is 12.8 Å². The fraction of sp³-hybridized carbons (Fsp3) is 0.111. The first-order valence-corrected chi connectivity index (χ1v) is 11.2. The van der Waals surface area contributed by atoms with Crippen molar-refractivity contribution in [2.24, 2.45) is 0 Å². The number of rotatable bonds is 7. The number of aromatic nitrogens is 4. The number of carbonyl (C=O) groups is 1. The van der Waals surface area contributed by atoms with Gasteiger partial charge in [-0.3, -0.25) is 20.1 Å². The molecule has 0 bridgehead atoms. The van der Waals surface area contributed by atoms with Crippen molar-refractivity contribution in [1.82, 2.24) is 19.9 Å². The van der Waals surface area contributed by atoms with Crippen molar-refractivity contribution in [3.05, 3.63) is 112 Å². The van der Waals surface area contributed by atoms with Gasteiger partial charge in [0, 0.05) is 11.1 Å². The first kappa shape index (κ1) is 22.1. The molecule has 8 heteroatoms. The van der Waals surface area contributed by atoms with Gasteiger partial charge in [-0.1, -0.05) is 60.7 Å². The second kappa shape index (κ2) is 9.64. The molecule has 0 saturated heterocycles. The van der Waals surface area contributed by atoms with E-state index in [2.05, 4.69) is 27.8 Å². The van der Waals surface area contributed by atoms with E-state index in [1.807, 2.05) is 30.3 Å². The highest BCUT2D eigenvalue weighted by Gasteiger charge is 2.20. The van der Waals surface area contributed by atoms with E-state index in [0.29, 0.717) is 28.8 Å². The second-order valence-electron chi connectivity index (χ2n) is 8.00. The molecule has 5 rings (SSSR count). The lowest BCUT2D eigenvalue weighted by Gasteiger charge is -2.14. The Bertz CT molecular complexity index is 1540. The summed E-state index contributed by atoms with van der Waals surface area (Å²) in [6.45, 7) is 0. The van der Waals surface area contributed by atoms with Gasteiger partial charge in [0.2, 0.25) is 0 Å². The van der Waals surface area contributed by atoms with Crippen LogP contribution in [-0.4, -0.2) is 32.9 Å². The summed E-state index contributed by atoms with van der Waals surface area (Å²) in [6.07, 6.45) is 1.40. The smallest absolute Gasteiger partial charge is 0.301 e. The van der Waals surface area contributed by atoms with Gasteiger partial charge >= 0.3 is 5.56 Å². The van der Waals surface area contributed by atoms with Crippen LogP contribution < -0.4 is 15.7 Å². The zero-order valence-corrected chi connectivity index (χ0v) is 19.1. The van der Waals surface area contributed by atoms with Gasteiger partial charge in [0.25, 0.3) is 5.91 Å². The monoisotopic (exact) mass is 465 g/mol. The van der Waals surface area contributed by atoms with Crippen molar-refractivity contribution in [3.63, 3.8) is 0 Å². The highest BCUT2D eigenvalue weighted by molar-refractivity contribution is 6.00. The molecule has 0 unspecified atom stereocenters. The Labute approximate surface area is 201 Å². The summed E-state index contributed by atoms with van der Waals surface area (Å²) in [5.74, 6) is 0.458. The summed E-state index contributed by atoms with van der Waals surface area (Å²) in [5, 5.41) is 7.22. The lowest BCUT2D eigenvalue weighted by Crippen LogP contribution is -2.35. The Kier molecular flexibility index (Phi) is 6.09. The topological polar surface area (TPSA) is 102 Å². The molecule has 8 nitrogen and oxygen atoms in total. The normalized spacial score (nSPS) is 10.9. The Morgan fingerprint density at radius 1 is 0.943 bits per heavy atom. The summed E-state index contributed by atoms with van der Waals surface area (Å²) in [4.78, 5) is 31.2. The zero-order chi connectivity index (χ0) is 24.2. The zero-order valence-electron chi connectivity index (χ0n) is 19.1. The van der Waals surface area contributed by atoms with E-state index in [4.69, 9.17) is 9.72 Å². The van der Waals surface area contributed by atoms with Crippen LogP contribution in [0.1, 0.15) is 21.6 Å². The first-order valence-electron chi connectivity index (χ1n) is 11.2. The summed E-state index contributed by atoms with van der Waals surface area (Å²) >= 11 is 0. The number of methoxy groups -OCH3 is 1. The Morgan fingerprint density at radius 3 is 2.43 bits per heavy atom. The van der Waals surface area contributed by atoms with Crippen molar-refractivity contribution in [1.29, 1.82) is 0 Å². The SMILES string of the molecule is COc1cccc(-c2nc3c(CCc4ccccc4)[nH]nc3c(=O)n2NC(=O)c2ccccc2)c1. The fourth-order valence-electron chi connectivity index (χ4n) is 3.90. The minimum absolute atomic E-state index is 0.160.